The van der Waals surface area contributed by atoms with E-state index in [9.17, 15) is 5.11 Å². The van der Waals surface area contributed by atoms with Crippen molar-refractivity contribution >= 4 is 0 Å². The van der Waals surface area contributed by atoms with E-state index in [0.29, 0.717) is 11.3 Å². The molecule has 0 saturated heterocycles. The molecule has 2 atom stereocenters. The maximum absolute atomic E-state index is 9.91. The summed E-state index contributed by atoms with van der Waals surface area (Å²) in [6.45, 7) is 9.61. The molecule has 19 heavy (non-hydrogen) atoms. The third kappa shape index (κ3) is 4.04. The molecule has 0 radical (unpaired) electrons. The van der Waals surface area contributed by atoms with Gasteiger partial charge >= 0.3 is 0 Å². The highest BCUT2D eigenvalue weighted by Crippen LogP contribution is 2.43. The van der Waals surface area contributed by atoms with E-state index in [0.717, 1.165) is 39.0 Å². The summed E-state index contributed by atoms with van der Waals surface area (Å²) in [7, 11) is 0. The number of aliphatic hydroxyl groups excluding tert-OH is 1. The van der Waals surface area contributed by atoms with E-state index in [4.69, 9.17) is 4.74 Å². The van der Waals surface area contributed by atoms with Crippen molar-refractivity contribution in [2.75, 3.05) is 26.4 Å². The maximum atomic E-state index is 9.91. The first-order valence-electron chi connectivity index (χ1n) is 7.56. The molecule has 1 saturated carbocycles. The van der Waals surface area contributed by atoms with Crippen LogP contribution in [0, 0.1) is 11.3 Å². The zero-order valence-electron chi connectivity index (χ0n) is 12.7. The second-order valence-corrected chi connectivity index (χ2v) is 7.35. The van der Waals surface area contributed by atoms with Gasteiger partial charge in [0.05, 0.1) is 19.8 Å². The Balaban J connectivity index is 1.99. The van der Waals surface area contributed by atoms with Crippen LogP contribution in [0.5, 0.6) is 0 Å². The third-order valence-corrected chi connectivity index (χ3v) is 4.43. The Bertz CT molecular complexity index is 338. The normalized spacial score (nSPS) is 34.9. The van der Waals surface area contributed by atoms with Crippen molar-refractivity contribution in [3.63, 3.8) is 0 Å². The van der Waals surface area contributed by atoms with Gasteiger partial charge in [0.25, 0.3) is 0 Å². The highest BCUT2D eigenvalue weighted by molar-refractivity contribution is 5.09. The average molecular weight is 267 g/mol. The molecule has 3 nitrogen and oxygen atoms in total. The van der Waals surface area contributed by atoms with E-state index in [-0.39, 0.29) is 12.1 Å². The highest BCUT2D eigenvalue weighted by atomic mass is 16.5. The standard InChI is InChI=1S/C16H29NO2/c1-13-7-15(2,3)11-16(8-13,12-18)17-9-14-5-4-6-19-10-14/h5,13,17-18H,4,6-12H2,1-3H3. The van der Waals surface area contributed by atoms with E-state index in [1.165, 1.54) is 12.0 Å². The lowest BCUT2D eigenvalue weighted by molar-refractivity contribution is 0.0372. The van der Waals surface area contributed by atoms with Gasteiger partial charge in [-0.15, -0.1) is 0 Å². The molecule has 1 aliphatic carbocycles. The van der Waals surface area contributed by atoms with Crippen LogP contribution in [0.15, 0.2) is 11.6 Å². The average Bonchev–Trinajstić information content (AvgIpc) is 2.35. The van der Waals surface area contributed by atoms with Gasteiger partial charge in [0.2, 0.25) is 0 Å². The Kier molecular flexibility index (Phi) is 4.70. The van der Waals surface area contributed by atoms with Crippen LogP contribution in [0.25, 0.3) is 0 Å². The number of rotatable bonds is 4. The minimum Gasteiger partial charge on any atom is -0.394 e. The molecule has 2 N–H and O–H groups in total. The molecule has 110 valence electrons. The predicted octanol–water partition coefficient (Wildman–Crippen LogP) is 2.50. The smallest absolute Gasteiger partial charge is 0.0689 e. The monoisotopic (exact) mass is 267 g/mol. The molecule has 0 amide bonds. The van der Waals surface area contributed by atoms with Gasteiger partial charge < -0.3 is 15.2 Å². The van der Waals surface area contributed by atoms with Gasteiger partial charge in [-0.05, 0) is 42.6 Å². The Labute approximate surface area is 117 Å². The molecule has 0 spiro atoms. The maximum Gasteiger partial charge on any atom is 0.0689 e. The molecule has 1 aliphatic heterocycles. The Morgan fingerprint density at radius 2 is 2.21 bits per heavy atom. The van der Waals surface area contributed by atoms with Crippen molar-refractivity contribution in [3.8, 4) is 0 Å². The lowest BCUT2D eigenvalue weighted by Crippen LogP contribution is -2.55. The molecule has 2 unspecified atom stereocenters. The minimum absolute atomic E-state index is 0.112. The number of aliphatic hydroxyl groups is 1. The summed E-state index contributed by atoms with van der Waals surface area (Å²) in [5, 5.41) is 13.6. The molecule has 1 heterocycles. The molecule has 2 aliphatic rings. The molecule has 3 heteroatoms. The molecule has 0 aromatic heterocycles. The summed E-state index contributed by atoms with van der Waals surface area (Å²) in [4.78, 5) is 0. The van der Waals surface area contributed by atoms with Crippen molar-refractivity contribution in [2.24, 2.45) is 11.3 Å². The van der Waals surface area contributed by atoms with Crippen LogP contribution in [0.1, 0.15) is 46.5 Å². The van der Waals surface area contributed by atoms with Crippen molar-refractivity contribution < 1.29 is 9.84 Å². The SMILES string of the molecule is CC1CC(C)(C)CC(CO)(NCC2=CCCOC2)C1. The van der Waals surface area contributed by atoms with Gasteiger partial charge in [0, 0.05) is 12.1 Å². The van der Waals surface area contributed by atoms with Gasteiger partial charge in [-0.3, -0.25) is 0 Å². The molecule has 0 aromatic rings. The van der Waals surface area contributed by atoms with Gasteiger partial charge in [-0.2, -0.15) is 0 Å². The van der Waals surface area contributed by atoms with Crippen LogP contribution in [0.3, 0.4) is 0 Å². The summed E-state index contributed by atoms with van der Waals surface area (Å²) in [5.74, 6) is 0.667. The predicted molar refractivity (Wildman–Crippen MR) is 78.1 cm³/mol. The lowest BCUT2D eigenvalue weighted by Gasteiger charge is -2.47. The number of ether oxygens (including phenoxy) is 1. The van der Waals surface area contributed by atoms with Gasteiger partial charge in [0.1, 0.15) is 0 Å². The second kappa shape index (κ2) is 5.94. The zero-order chi connectivity index (χ0) is 13.9. The number of hydrogen-bond acceptors (Lipinski definition) is 3. The van der Waals surface area contributed by atoms with Crippen LogP contribution in [0.4, 0.5) is 0 Å². The first-order valence-corrected chi connectivity index (χ1v) is 7.56. The summed E-state index contributed by atoms with van der Waals surface area (Å²) in [6, 6.07) is 0. The molecular formula is C16H29NO2. The van der Waals surface area contributed by atoms with Crippen molar-refractivity contribution in [1.82, 2.24) is 5.32 Å². The van der Waals surface area contributed by atoms with Crippen LogP contribution in [-0.2, 0) is 4.74 Å². The van der Waals surface area contributed by atoms with E-state index >= 15 is 0 Å². The van der Waals surface area contributed by atoms with E-state index < -0.39 is 0 Å². The van der Waals surface area contributed by atoms with Crippen molar-refractivity contribution in [1.29, 1.82) is 0 Å². The summed E-state index contributed by atoms with van der Waals surface area (Å²) in [6.07, 6.45) is 6.67. The fourth-order valence-electron chi connectivity index (χ4n) is 4.09. The van der Waals surface area contributed by atoms with Crippen LogP contribution in [0.2, 0.25) is 0 Å². The molecular weight excluding hydrogens is 238 g/mol. The largest absolute Gasteiger partial charge is 0.394 e. The zero-order valence-corrected chi connectivity index (χ0v) is 12.7. The topological polar surface area (TPSA) is 41.5 Å². The first kappa shape index (κ1) is 15.0. The number of hydrogen-bond donors (Lipinski definition) is 2. The first-order chi connectivity index (χ1) is 8.95. The minimum atomic E-state index is -0.112. The molecule has 1 fully saturated rings. The van der Waals surface area contributed by atoms with E-state index in [1.54, 1.807) is 0 Å². The summed E-state index contributed by atoms with van der Waals surface area (Å²) >= 11 is 0. The quantitative estimate of drug-likeness (QED) is 0.769. The van der Waals surface area contributed by atoms with Crippen LogP contribution >= 0.6 is 0 Å². The van der Waals surface area contributed by atoms with Crippen molar-refractivity contribution in [3.05, 3.63) is 11.6 Å². The summed E-state index contributed by atoms with van der Waals surface area (Å²) in [5.41, 5.74) is 1.53. The third-order valence-electron chi connectivity index (χ3n) is 4.43. The second-order valence-electron chi connectivity index (χ2n) is 7.35. The fourth-order valence-corrected chi connectivity index (χ4v) is 4.09. The fraction of sp³-hybridized carbons (Fsp3) is 0.875. The Morgan fingerprint density at radius 1 is 1.42 bits per heavy atom. The molecule has 0 aromatic carbocycles. The molecule has 0 bridgehead atoms. The van der Waals surface area contributed by atoms with Gasteiger partial charge in [-0.25, -0.2) is 0 Å². The van der Waals surface area contributed by atoms with Gasteiger partial charge in [-0.1, -0.05) is 26.8 Å². The highest BCUT2D eigenvalue weighted by Gasteiger charge is 2.42. The van der Waals surface area contributed by atoms with Crippen LogP contribution in [-0.4, -0.2) is 37.0 Å². The van der Waals surface area contributed by atoms with Crippen molar-refractivity contribution in [2.45, 2.75) is 52.0 Å². The Morgan fingerprint density at radius 3 is 2.79 bits per heavy atom. The summed E-state index contributed by atoms with van der Waals surface area (Å²) < 4.78 is 5.48. The van der Waals surface area contributed by atoms with E-state index in [1.807, 2.05) is 0 Å². The van der Waals surface area contributed by atoms with E-state index in [2.05, 4.69) is 32.2 Å². The van der Waals surface area contributed by atoms with Crippen LogP contribution < -0.4 is 5.32 Å². The number of nitrogens with one attached hydrogen (secondary N) is 1. The van der Waals surface area contributed by atoms with Gasteiger partial charge in [0.15, 0.2) is 0 Å². The Hall–Kier alpha value is -0.380. The molecule has 2 rings (SSSR count). The lowest BCUT2D eigenvalue weighted by atomic mass is 9.64.